The van der Waals surface area contributed by atoms with Gasteiger partial charge < -0.3 is 10.0 Å². The maximum absolute atomic E-state index is 12.0. The SMILES string of the molecule is Cn1cc(C(=O)N2CCC[C@@H](CO)C2)nn1. The molecule has 88 valence electrons. The number of amides is 1. The zero-order valence-electron chi connectivity index (χ0n) is 9.33. The van der Waals surface area contributed by atoms with Crippen LogP contribution < -0.4 is 0 Å². The molecule has 1 N–H and O–H groups in total. The van der Waals surface area contributed by atoms with Gasteiger partial charge in [0.25, 0.3) is 5.91 Å². The third kappa shape index (κ3) is 2.21. The highest BCUT2D eigenvalue weighted by Crippen LogP contribution is 2.17. The molecular weight excluding hydrogens is 208 g/mol. The number of piperidine rings is 1. The van der Waals surface area contributed by atoms with Gasteiger partial charge in [0.15, 0.2) is 5.69 Å². The van der Waals surface area contributed by atoms with Gasteiger partial charge in [-0.05, 0) is 18.8 Å². The molecule has 2 rings (SSSR count). The van der Waals surface area contributed by atoms with Gasteiger partial charge in [-0.15, -0.1) is 5.10 Å². The molecule has 1 aliphatic heterocycles. The molecule has 6 nitrogen and oxygen atoms in total. The van der Waals surface area contributed by atoms with Gasteiger partial charge in [-0.2, -0.15) is 0 Å². The van der Waals surface area contributed by atoms with Gasteiger partial charge in [0.2, 0.25) is 0 Å². The number of aliphatic hydroxyl groups is 1. The van der Waals surface area contributed by atoms with Crippen LogP contribution in [0.25, 0.3) is 0 Å². The van der Waals surface area contributed by atoms with E-state index in [1.807, 2.05) is 0 Å². The maximum atomic E-state index is 12.0. The van der Waals surface area contributed by atoms with Crippen molar-refractivity contribution in [1.29, 1.82) is 0 Å². The number of nitrogens with zero attached hydrogens (tertiary/aromatic N) is 4. The molecule has 0 aromatic carbocycles. The predicted octanol–water partition coefficient (Wildman–Crippen LogP) is -0.340. The van der Waals surface area contributed by atoms with E-state index in [9.17, 15) is 4.79 Å². The summed E-state index contributed by atoms with van der Waals surface area (Å²) in [7, 11) is 1.73. The number of aryl methyl sites for hydroxylation is 1. The molecule has 1 aliphatic rings. The summed E-state index contributed by atoms with van der Waals surface area (Å²) in [4.78, 5) is 13.7. The third-order valence-corrected chi connectivity index (χ3v) is 2.89. The van der Waals surface area contributed by atoms with Crippen molar-refractivity contribution in [3.8, 4) is 0 Å². The number of carbonyl (C=O) groups is 1. The fourth-order valence-electron chi connectivity index (χ4n) is 2.01. The first-order chi connectivity index (χ1) is 7.70. The number of likely N-dealkylation sites (tertiary alicyclic amines) is 1. The van der Waals surface area contributed by atoms with Gasteiger partial charge in [0.1, 0.15) is 0 Å². The van der Waals surface area contributed by atoms with E-state index in [0.717, 1.165) is 19.4 Å². The van der Waals surface area contributed by atoms with Gasteiger partial charge >= 0.3 is 0 Å². The van der Waals surface area contributed by atoms with Gasteiger partial charge in [-0.25, -0.2) is 0 Å². The molecule has 6 heteroatoms. The molecule has 0 spiro atoms. The van der Waals surface area contributed by atoms with Crippen LogP contribution in [0.4, 0.5) is 0 Å². The fourth-order valence-corrected chi connectivity index (χ4v) is 2.01. The molecule has 0 bridgehead atoms. The van der Waals surface area contributed by atoms with Crippen molar-refractivity contribution < 1.29 is 9.90 Å². The van der Waals surface area contributed by atoms with Crippen molar-refractivity contribution in [3.05, 3.63) is 11.9 Å². The Kier molecular flexibility index (Phi) is 3.19. The number of aliphatic hydroxyl groups excluding tert-OH is 1. The first-order valence-corrected chi connectivity index (χ1v) is 5.47. The molecule has 1 amide bonds. The second-order valence-electron chi connectivity index (χ2n) is 4.22. The topological polar surface area (TPSA) is 71.2 Å². The first kappa shape index (κ1) is 11.1. The first-order valence-electron chi connectivity index (χ1n) is 5.47. The van der Waals surface area contributed by atoms with E-state index in [1.165, 1.54) is 4.68 Å². The van der Waals surface area contributed by atoms with E-state index in [2.05, 4.69) is 10.3 Å². The van der Waals surface area contributed by atoms with E-state index in [0.29, 0.717) is 12.2 Å². The number of carbonyl (C=O) groups excluding carboxylic acids is 1. The Morgan fingerprint density at radius 2 is 2.50 bits per heavy atom. The number of hydrogen-bond donors (Lipinski definition) is 1. The normalized spacial score (nSPS) is 21.1. The Hall–Kier alpha value is -1.43. The lowest BCUT2D eigenvalue weighted by Crippen LogP contribution is -2.41. The van der Waals surface area contributed by atoms with Crippen molar-refractivity contribution in [2.24, 2.45) is 13.0 Å². The van der Waals surface area contributed by atoms with Crippen LogP contribution in [0.15, 0.2) is 6.20 Å². The van der Waals surface area contributed by atoms with E-state index in [-0.39, 0.29) is 18.4 Å². The molecule has 0 aliphatic carbocycles. The molecule has 1 aromatic rings. The number of aromatic nitrogens is 3. The second kappa shape index (κ2) is 4.61. The average molecular weight is 224 g/mol. The van der Waals surface area contributed by atoms with Crippen molar-refractivity contribution in [3.63, 3.8) is 0 Å². The average Bonchev–Trinajstić information content (AvgIpc) is 2.75. The zero-order valence-corrected chi connectivity index (χ0v) is 9.33. The molecule has 16 heavy (non-hydrogen) atoms. The van der Waals surface area contributed by atoms with Crippen LogP contribution in [0, 0.1) is 5.92 Å². The molecule has 1 fully saturated rings. The fraction of sp³-hybridized carbons (Fsp3) is 0.700. The second-order valence-corrected chi connectivity index (χ2v) is 4.22. The van der Waals surface area contributed by atoms with Gasteiger partial charge in [0, 0.05) is 26.7 Å². The summed E-state index contributed by atoms with van der Waals surface area (Å²) in [5.41, 5.74) is 0.376. The van der Waals surface area contributed by atoms with Crippen molar-refractivity contribution in [2.45, 2.75) is 12.8 Å². The maximum Gasteiger partial charge on any atom is 0.276 e. The highest BCUT2D eigenvalue weighted by Gasteiger charge is 2.25. The summed E-state index contributed by atoms with van der Waals surface area (Å²) < 4.78 is 1.51. The smallest absolute Gasteiger partial charge is 0.276 e. The zero-order chi connectivity index (χ0) is 11.5. The highest BCUT2D eigenvalue weighted by atomic mass is 16.3. The van der Waals surface area contributed by atoms with Crippen LogP contribution in [0.2, 0.25) is 0 Å². The van der Waals surface area contributed by atoms with Gasteiger partial charge in [0.05, 0.1) is 6.20 Å². The Balaban J connectivity index is 2.04. The minimum Gasteiger partial charge on any atom is -0.396 e. The van der Waals surface area contributed by atoms with Gasteiger partial charge in [-0.3, -0.25) is 9.48 Å². The molecule has 1 aromatic heterocycles. The Labute approximate surface area is 93.9 Å². The standard InChI is InChI=1S/C10H16N4O2/c1-13-6-9(11-12-13)10(16)14-4-2-3-8(5-14)7-15/h6,8,15H,2-5,7H2,1H3/t8-/m1/s1. The van der Waals surface area contributed by atoms with Crippen molar-refractivity contribution in [1.82, 2.24) is 19.9 Å². The van der Waals surface area contributed by atoms with Crippen molar-refractivity contribution in [2.75, 3.05) is 19.7 Å². The molecule has 0 unspecified atom stereocenters. The summed E-state index contributed by atoms with van der Waals surface area (Å²) in [6.45, 7) is 1.50. The molecule has 0 radical (unpaired) electrons. The largest absolute Gasteiger partial charge is 0.396 e. The molecule has 2 heterocycles. The predicted molar refractivity (Wildman–Crippen MR) is 56.7 cm³/mol. The Morgan fingerprint density at radius 1 is 1.69 bits per heavy atom. The van der Waals surface area contributed by atoms with Crippen molar-refractivity contribution >= 4 is 5.91 Å². The lowest BCUT2D eigenvalue weighted by atomic mass is 9.99. The lowest BCUT2D eigenvalue weighted by Gasteiger charge is -2.31. The molecular formula is C10H16N4O2. The van der Waals surface area contributed by atoms with Crippen LogP contribution in [0.1, 0.15) is 23.3 Å². The molecule has 0 saturated carbocycles. The third-order valence-electron chi connectivity index (χ3n) is 2.89. The monoisotopic (exact) mass is 224 g/mol. The van der Waals surface area contributed by atoms with E-state index in [1.54, 1.807) is 18.1 Å². The quantitative estimate of drug-likeness (QED) is 0.746. The van der Waals surface area contributed by atoms with Crippen LogP contribution in [-0.2, 0) is 7.05 Å². The summed E-state index contributed by atoms with van der Waals surface area (Å²) in [5, 5.41) is 16.6. The summed E-state index contributed by atoms with van der Waals surface area (Å²) in [6, 6.07) is 0. The minimum atomic E-state index is -0.0914. The lowest BCUT2D eigenvalue weighted by molar-refractivity contribution is 0.0615. The number of hydrogen-bond acceptors (Lipinski definition) is 4. The summed E-state index contributed by atoms with van der Waals surface area (Å²) >= 11 is 0. The molecule has 1 saturated heterocycles. The van der Waals surface area contributed by atoms with Crippen LogP contribution in [0.3, 0.4) is 0 Å². The minimum absolute atomic E-state index is 0.0914. The Morgan fingerprint density at radius 3 is 3.12 bits per heavy atom. The summed E-state index contributed by atoms with van der Waals surface area (Å²) in [5.74, 6) is 0.112. The molecule has 1 atom stereocenters. The summed E-state index contributed by atoms with van der Waals surface area (Å²) in [6.07, 6.45) is 3.54. The Bertz CT molecular complexity index is 377. The van der Waals surface area contributed by atoms with E-state index in [4.69, 9.17) is 5.11 Å². The van der Waals surface area contributed by atoms with E-state index >= 15 is 0 Å². The van der Waals surface area contributed by atoms with Crippen LogP contribution >= 0.6 is 0 Å². The van der Waals surface area contributed by atoms with Crippen LogP contribution in [-0.4, -0.2) is 50.6 Å². The van der Waals surface area contributed by atoms with E-state index < -0.39 is 0 Å². The number of rotatable bonds is 2. The highest BCUT2D eigenvalue weighted by molar-refractivity contribution is 5.91. The van der Waals surface area contributed by atoms with Gasteiger partial charge in [-0.1, -0.05) is 5.21 Å². The van der Waals surface area contributed by atoms with Crippen LogP contribution in [0.5, 0.6) is 0 Å².